The van der Waals surface area contributed by atoms with E-state index in [0.29, 0.717) is 70.7 Å². The van der Waals surface area contributed by atoms with Gasteiger partial charge in [-0.2, -0.15) is 0 Å². The Balaban J connectivity index is -0.00000300. The van der Waals surface area contributed by atoms with Crippen molar-refractivity contribution in [1.82, 2.24) is 4.90 Å². The molecule has 0 bridgehead atoms. The van der Waals surface area contributed by atoms with E-state index in [4.69, 9.17) is 28.8 Å². The first-order chi connectivity index (χ1) is 23.8. The molecule has 0 aliphatic rings. The summed E-state index contributed by atoms with van der Waals surface area (Å²) in [6, 6.07) is 0. The second-order valence-corrected chi connectivity index (χ2v) is 13.9. The molecular weight excluding hydrogens is 658 g/mol. The summed E-state index contributed by atoms with van der Waals surface area (Å²) >= 11 is 0. The summed E-state index contributed by atoms with van der Waals surface area (Å²) < 4.78 is 27.5. The summed E-state index contributed by atoms with van der Waals surface area (Å²) in [5.41, 5.74) is -0.945. The molecule has 0 amide bonds. The lowest BCUT2D eigenvalue weighted by atomic mass is 10.1. The zero-order chi connectivity index (χ0) is 39.9. The van der Waals surface area contributed by atoms with Crippen molar-refractivity contribution in [3.8, 4) is 0 Å². The molecule has 0 aliphatic carbocycles. The smallest absolute Gasteiger partial charge is 0.306 e. The van der Waals surface area contributed by atoms with Crippen LogP contribution < -0.4 is 0 Å². The molecule has 0 rings (SSSR count). The first-order valence-corrected chi connectivity index (χ1v) is 18.5. The van der Waals surface area contributed by atoms with Gasteiger partial charge in [-0.3, -0.25) is 24.1 Å². The van der Waals surface area contributed by atoms with Gasteiger partial charge >= 0.3 is 23.9 Å². The molecule has 0 aromatic heterocycles. The number of nitrogens with zero attached hydrogens (tertiary/aromatic N) is 1. The average molecular weight is 732 g/mol. The summed E-state index contributed by atoms with van der Waals surface area (Å²) in [6.07, 6.45) is 4.13. The zero-order valence-corrected chi connectivity index (χ0v) is 33.7. The Morgan fingerprint density at radius 3 is 1.53 bits per heavy atom. The van der Waals surface area contributed by atoms with Crippen molar-refractivity contribution in [2.45, 2.75) is 151 Å². The molecule has 0 fully saturated rings. The Hall–Kier alpha value is -3.12. The molecule has 0 aromatic carbocycles. The molecule has 0 aliphatic heterocycles. The van der Waals surface area contributed by atoms with E-state index in [0.717, 1.165) is 5.92 Å². The Bertz CT molecular complexity index is 933. The normalized spacial score (nSPS) is 11.1. The second kappa shape index (κ2) is 31.6. The maximum absolute atomic E-state index is 12.3. The van der Waals surface area contributed by atoms with Gasteiger partial charge in [-0.05, 0) is 59.8 Å². The number of esters is 3. The van der Waals surface area contributed by atoms with Gasteiger partial charge in [0.2, 0.25) is 0 Å². The minimum Gasteiger partial charge on any atom is -0.513 e. The number of carboxylic acid groups (broad SMARTS) is 1. The highest BCUT2D eigenvalue weighted by Gasteiger charge is 2.24. The van der Waals surface area contributed by atoms with Crippen LogP contribution in [0.3, 0.4) is 0 Å². The third kappa shape index (κ3) is 41.2. The van der Waals surface area contributed by atoms with E-state index in [2.05, 4.69) is 33.9 Å². The molecule has 0 spiro atoms. The molecule has 0 aromatic rings. The molecule has 0 radical (unpaired) electrons. The van der Waals surface area contributed by atoms with Crippen LogP contribution in [-0.4, -0.2) is 96.3 Å². The first-order valence-electron chi connectivity index (χ1n) is 18.5. The minimum absolute atomic E-state index is 0.0176. The number of aliphatic hydroxyl groups is 1. The van der Waals surface area contributed by atoms with Crippen molar-refractivity contribution in [3.63, 3.8) is 0 Å². The van der Waals surface area contributed by atoms with Gasteiger partial charge < -0.3 is 33.9 Å². The molecule has 0 saturated heterocycles. The van der Waals surface area contributed by atoms with Crippen LogP contribution >= 0.6 is 0 Å². The molecule has 2 N–H and O–H groups in total. The van der Waals surface area contributed by atoms with E-state index in [1.807, 2.05) is 53.4 Å². The third-order valence-corrected chi connectivity index (χ3v) is 6.95. The Labute approximate surface area is 309 Å². The quantitative estimate of drug-likeness (QED) is 0.0475. The van der Waals surface area contributed by atoms with Crippen molar-refractivity contribution in [2.75, 3.05) is 46.1 Å². The third-order valence-electron chi connectivity index (χ3n) is 6.95. The lowest BCUT2D eigenvalue weighted by Crippen LogP contribution is -2.34. The van der Waals surface area contributed by atoms with Crippen LogP contribution in [0.5, 0.6) is 0 Å². The van der Waals surface area contributed by atoms with E-state index < -0.39 is 23.5 Å². The molecule has 51 heavy (non-hydrogen) atoms. The van der Waals surface area contributed by atoms with Gasteiger partial charge in [0.1, 0.15) is 25.4 Å². The molecule has 12 heteroatoms. The van der Waals surface area contributed by atoms with Gasteiger partial charge in [0, 0.05) is 64.6 Å². The van der Waals surface area contributed by atoms with Crippen molar-refractivity contribution in [3.05, 3.63) is 24.7 Å². The number of aliphatic carboxylic acids is 1. The number of carbonyl (C=O) groups excluding carboxylic acids is 3. The van der Waals surface area contributed by atoms with E-state index >= 15 is 0 Å². The molecule has 0 saturated carbocycles. The number of hydrogen-bond donors (Lipinski definition) is 2. The van der Waals surface area contributed by atoms with Gasteiger partial charge in [-0.15, -0.1) is 0 Å². The SMILES string of the molecule is C=C(O)CCCC(=C)OCCN(CCOC(=O)CCCC(=O)O)CCOC(=O)CCCC(=O)OC(C)(C)CCOC(C)(C)C.CC.CCC(C)C. The Kier molecular flexibility index (Phi) is 32.4. The molecular formula is C39H73NO11. The lowest BCUT2D eigenvalue weighted by molar-refractivity contribution is -0.159. The molecule has 12 nitrogen and oxygen atoms in total. The highest BCUT2D eigenvalue weighted by atomic mass is 16.6. The molecule has 0 heterocycles. The predicted molar refractivity (Wildman–Crippen MR) is 201 cm³/mol. The van der Waals surface area contributed by atoms with Gasteiger partial charge in [-0.25, -0.2) is 0 Å². The second-order valence-electron chi connectivity index (χ2n) is 13.9. The number of allylic oxidation sites excluding steroid dienone is 2. The van der Waals surface area contributed by atoms with Gasteiger partial charge in [0.25, 0.3) is 0 Å². The predicted octanol–water partition coefficient (Wildman–Crippen LogP) is 8.18. The monoisotopic (exact) mass is 732 g/mol. The summed E-state index contributed by atoms with van der Waals surface area (Å²) in [4.78, 5) is 48.9. The van der Waals surface area contributed by atoms with E-state index in [1.165, 1.54) is 6.42 Å². The average Bonchev–Trinajstić information content (AvgIpc) is 3.00. The van der Waals surface area contributed by atoms with Gasteiger partial charge in [0.05, 0.1) is 23.7 Å². The van der Waals surface area contributed by atoms with E-state index in [-0.39, 0.29) is 62.6 Å². The summed E-state index contributed by atoms with van der Waals surface area (Å²) in [7, 11) is 0. The first kappa shape index (κ1) is 52.2. The maximum Gasteiger partial charge on any atom is 0.306 e. The number of carboxylic acids is 1. The fourth-order valence-electron chi connectivity index (χ4n) is 3.71. The van der Waals surface area contributed by atoms with Crippen LogP contribution in [0.25, 0.3) is 0 Å². The van der Waals surface area contributed by atoms with Crippen LogP contribution in [0.2, 0.25) is 0 Å². The Morgan fingerprint density at radius 2 is 1.10 bits per heavy atom. The number of rotatable bonds is 27. The van der Waals surface area contributed by atoms with Crippen LogP contribution in [0.15, 0.2) is 24.7 Å². The molecule has 0 unspecified atom stereocenters. The van der Waals surface area contributed by atoms with E-state index in [9.17, 15) is 24.3 Å². The van der Waals surface area contributed by atoms with Crippen molar-refractivity contribution in [1.29, 1.82) is 0 Å². The fraction of sp³-hybridized carbons (Fsp3) is 0.795. The minimum atomic E-state index is -0.970. The number of ether oxygens (including phenoxy) is 5. The highest BCUT2D eigenvalue weighted by molar-refractivity contribution is 5.73. The fourth-order valence-corrected chi connectivity index (χ4v) is 3.71. The highest BCUT2D eigenvalue weighted by Crippen LogP contribution is 2.18. The molecule has 0 atom stereocenters. The van der Waals surface area contributed by atoms with Crippen LogP contribution in [0.1, 0.15) is 140 Å². The van der Waals surface area contributed by atoms with E-state index in [1.54, 1.807) is 0 Å². The van der Waals surface area contributed by atoms with Gasteiger partial charge in [-0.1, -0.05) is 54.2 Å². The summed E-state index contributed by atoms with van der Waals surface area (Å²) in [5.74, 6) is -0.702. The lowest BCUT2D eigenvalue weighted by Gasteiger charge is -2.27. The molecule has 300 valence electrons. The van der Waals surface area contributed by atoms with Crippen molar-refractivity contribution >= 4 is 23.9 Å². The topological polar surface area (TPSA) is 158 Å². The number of hydrogen-bond acceptors (Lipinski definition) is 11. The maximum atomic E-state index is 12.3. The van der Waals surface area contributed by atoms with Crippen molar-refractivity contribution in [2.24, 2.45) is 5.92 Å². The zero-order valence-electron chi connectivity index (χ0n) is 33.7. The van der Waals surface area contributed by atoms with Crippen LogP contribution in [0.4, 0.5) is 0 Å². The number of aliphatic hydroxyl groups excluding tert-OH is 1. The largest absolute Gasteiger partial charge is 0.513 e. The van der Waals surface area contributed by atoms with Gasteiger partial charge in [0.15, 0.2) is 0 Å². The van der Waals surface area contributed by atoms with Crippen molar-refractivity contribution < 1.29 is 53.1 Å². The van der Waals surface area contributed by atoms with Crippen LogP contribution in [0, 0.1) is 5.92 Å². The summed E-state index contributed by atoms with van der Waals surface area (Å²) in [6.45, 7) is 29.6. The van der Waals surface area contributed by atoms with Crippen LogP contribution in [-0.2, 0) is 42.9 Å². The Morgan fingerprint density at radius 1 is 0.667 bits per heavy atom. The number of carbonyl (C=O) groups is 4. The standard InChI is InChI=1S/C32H55NO11.C5H12.C2H6/c1-25(34)11-8-12-26(2)40-22-18-33(19-23-41-28(37)14-9-13-27(35)36)20-24-42-29(38)15-10-16-30(39)44-32(6,7)17-21-43-31(3,4)5;1-4-5(2)3;1-2/h34H,1-2,8-24H2,3-7H3,(H,35,36);5H,4H2,1-3H3;1-2H3. The summed E-state index contributed by atoms with van der Waals surface area (Å²) in [5, 5.41) is 17.9.